The number of fused-ring (bicyclic) bond motifs is 10. The van der Waals surface area contributed by atoms with E-state index in [1.54, 1.807) is 74.7 Å². The fourth-order valence-electron chi connectivity index (χ4n) is 16.9. The highest BCUT2D eigenvalue weighted by Crippen LogP contribution is 2.45. The fraction of sp³-hybridized carbons (Fsp3) is 0.119. The van der Waals surface area contributed by atoms with E-state index < -0.39 is 26.5 Å². The predicted octanol–water partition coefficient (Wildman–Crippen LogP) is 26.0. The van der Waals surface area contributed by atoms with E-state index in [-0.39, 0.29) is 65.2 Å². The predicted molar refractivity (Wildman–Crippen MR) is 588 cm³/mol. The summed E-state index contributed by atoms with van der Waals surface area (Å²) in [5.74, 6) is -0.108. The van der Waals surface area contributed by atoms with Gasteiger partial charge in [-0.1, -0.05) is 332 Å². The second-order valence-electron chi connectivity index (χ2n) is 34.3. The van der Waals surface area contributed by atoms with Crippen LogP contribution in [0.15, 0.2) is 429 Å². The van der Waals surface area contributed by atoms with Gasteiger partial charge in [0, 0.05) is 80.4 Å². The molecule has 3 aliphatic rings. The standard InChI is InChI=1S/C19H16O2.C17H14O2.C16H18O4Si.C16H14O3.2C15H15NO.C15H12O2.C13H10O3/c1-2-19(20)21-13-18-16-9-5-3-7-14(16)11-12-15-8-4-6-10-17(15)18;1-2-17(18)19-11-16-14-9-5-3-7-12(14)13-8-4-6-10-15(13)16;1-5-16(17)19-14-8-6-13-11-15(9-7-12(13)10-14)20-21(3,4)18-2;1-3-16(18)19-15-7-6-13-9-12(8-11(2)17)4-5-14(13)10-15;1-3-15(17)16-11(2)13-10-6-8-12-7-4-5-9-14(12)13;1-2-15(17)16-11-10-13-8-5-7-12-6-3-4-9-14(12)13;1-2-14(16)17-13-9-11-7-3-5-10-6-4-8-12(13)15(10)11;1-2-13(15)16-12-6-4-9-7-11(14)5-3-10(9)8-12/h2-12,18H,1,13H2;2-10,16H,1,11H2;5-11H,1H2,2-4H3;3-7,9-10H,1,8H2,2H3;3-11H,1H2,2H3,(H,16,17);2-9H,1,10-11H2,(H,16,17);2-8,13H,1,9H2;2-8,14H,1H2. The molecule has 0 radical (unpaired) electrons. The summed E-state index contributed by atoms with van der Waals surface area (Å²) in [6, 6.07) is 107. The zero-order valence-electron chi connectivity index (χ0n) is 82.5. The highest BCUT2D eigenvalue weighted by atomic mass is 28.4. The highest BCUT2D eigenvalue weighted by molar-refractivity contribution is 6.65. The van der Waals surface area contributed by atoms with Gasteiger partial charge in [0.2, 0.25) is 11.8 Å². The van der Waals surface area contributed by atoms with E-state index in [1.807, 2.05) is 178 Å². The smallest absolute Gasteiger partial charge is 0.392 e. The van der Waals surface area contributed by atoms with Crippen molar-refractivity contribution in [2.24, 2.45) is 0 Å². The zero-order valence-corrected chi connectivity index (χ0v) is 83.5. The van der Waals surface area contributed by atoms with Crippen molar-refractivity contribution < 1.29 is 85.5 Å². The molecule has 16 aromatic carbocycles. The summed E-state index contributed by atoms with van der Waals surface area (Å²) in [5, 5.41) is 28.0. The Labute approximate surface area is 856 Å². The van der Waals surface area contributed by atoms with Gasteiger partial charge in [0.1, 0.15) is 53.8 Å². The largest absolute Gasteiger partial charge is 0.520 e. The van der Waals surface area contributed by atoms with E-state index in [9.17, 15) is 48.3 Å². The number of phenolic OH excluding ortho intramolecular Hbond substituents is 1. The van der Waals surface area contributed by atoms with Crippen LogP contribution in [-0.4, -0.2) is 93.9 Å². The SMILES string of the molecule is C=CC(=O)NC(C)c1cccc2ccccc12.C=CC(=O)NCCc1cccc2ccccc12.C=CC(=O)OC1Cc2cccc3cccc1c23.C=CC(=O)OCC1c2ccccc2-c2ccccc21.C=CC(=O)OCC1c2ccccc2C=Cc2ccccc21.C=CC(=O)Oc1ccc2cc(CC(C)=O)ccc2c1.C=CC(=O)Oc1ccc2cc(O)ccc2c1.C=CC(=O)Oc1ccc2cc(O[Si](C)(C)OC)ccc2c1. The third kappa shape index (κ3) is 30.3. The van der Waals surface area contributed by atoms with Gasteiger partial charge in [-0.2, -0.15) is 0 Å². The second kappa shape index (κ2) is 53.2. The Morgan fingerprint density at radius 2 is 0.803 bits per heavy atom. The molecule has 0 saturated heterocycles. The van der Waals surface area contributed by atoms with Gasteiger partial charge < -0.3 is 53.0 Å². The minimum Gasteiger partial charge on any atom is -0.520 e. The first-order valence-corrected chi connectivity index (χ1v) is 50.2. The van der Waals surface area contributed by atoms with Crippen molar-refractivity contribution in [2.75, 3.05) is 26.9 Å². The summed E-state index contributed by atoms with van der Waals surface area (Å²) >= 11 is 0. The Morgan fingerprint density at radius 1 is 0.395 bits per heavy atom. The molecule has 3 N–H and O–H groups in total. The van der Waals surface area contributed by atoms with Crippen molar-refractivity contribution in [3.63, 3.8) is 0 Å². The van der Waals surface area contributed by atoms with E-state index in [4.69, 9.17) is 37.3 Å². The van der Waals surface area contributed by atoms with Crippen LogP contribution in [0.5, 0.6) is 28.7 Å². The van der Waals surface area contributed by atoms with Crippen LogP contribution in [0, 0.1) is 0 Å². The van der Waals surface area contributed by atoms with E-state index in [0.29, 0.717) is 43.4 Å². The molecule has 0 bridgehead atoms. The Hall–Kier alpha value is -18.1. The monoisotopic (exact) mass is 1970 g/mol. The molecule has 2 unspecified atom stereocenters. The summed E-state index contributed by atoms with van der Waals surface area (Å²) in [6.45, 7) is 36.0. The summed E-state index contributed by atoms with van der Waals surface area (Å²) in [4.78, 5) is 101. The van der Waals surface area contributed by atoms with Gasteiger partial charge in [0.25, 0.3) is 0 Å². The van der Waals surface area contributed by atoms with Crippen molar-refractivity contribution in [3.8, 4) is 39.9 Å². The van der Waals surface area contributed by atoms with Crippen LogP contribution in [0.4, 0.5) is 0 Å². The molecular formula is C126H114N2O18Si. The Morgan fingerprint density at radius 3 is 1.32 bits per heavy atom. The molecule has 16 aromatic rings. The molecule has 2 atom stereocenters. The molecule has 0 heterocycles. The number of phenols is 1. The zero-order chi connectivity index (χ0) is 105. The molecule has 21 heteroatoms. The molecule has 0 fully saturated rings. The number of rotatable bonds is 26. The van der Waals surface area contributed by atoms with Gasteiger partial charge in [-0.05, 0) is 238 Å². The number of carbonyl (C=O) groups is 9. The van der Waals surface area contributed by atoms with Gasteiger partial charge in [-0.25, -0.2) is 28.8 Å². The lowest BCUT2D eigenvalue weighted by atomic mass is 9.88. The molecule has 19 rings (SSSR count). The summed E-state index contributed by atoms with van der Waals surface area (Å²) in [7, 11) is -0.463. The van der Waals surface area contributed by atoms with Crippen molar-refractivity contribution >= 4 is 139 Å². The highest BCUT2D eigenvalue weighted by Gasteiger charge is 2.31. The first-order valence-electron chi connectivity index (χ1n) is 47.4. The second-order valence-corrected chi connectivity index (χ2v) is 37.7. The molecule has 740 valence electrons. The fourth-order valence-corrected chi connectivity index (χ4v) is 17.7. The van der Waals surface area contributed by atoms with Crippen molar-refractivity contribution in [3.05, 3.63) is 490 Å². The third-order valence-electron chi connectivity index (χ3n) is 24.0. The van der Waals surface area contributed by atoms with Gasteiger partial charge in [0.05, 0.1) is 6.04 Å². The Bertz CT molecular complexity index is 7540. The number of amides is 2. The maximum atomic E-state index is 11.4. The number of ketones is 1. The van der Waals surface area contributed by atoms with Crippen LogP contribution < -0.4 is 29.3 Å². The van der Waals surface area contributed by atoms with Gasteiger partial charge >= 0.3 is 44.4 Å². The lowest BCUT2D eigenvalue weighted by Crippen LogP contribution is -2.36. The molecule has 20 nitrogen and oxygen atoms in total. The van der Waals surface area contributed by atoms with E-state index in [0.717, 1.165) is 97.0 Å². The van der Waals surface area contributed by atoms with Crippen LogP contribution in [0.2, 0.25) is 13.1 Å². The number of hydrogen-bond acceptors (Lipinski definition) is 18. The van der Waals surface area contributed by atoms with E-state index in [1.165, 1.54) is 107 Å². The number of nitrogens with one attached hydrogen (secondary N) is 2. The van der Waals surface area contributed by atoms with Crippen LogP contribution in [0.1, 0.15) is 99.0 Å². The van der Waals surface area contributed by atoms with Crippen molar-refractivity contribution in [1.29, 1.82) is 0 Å². The number of carbonyl (C=O) groups excluding carboxylic acids is 9. The van der Waals surface area contributed by atoms with Crippen molar-refractivity contribution in [2.45, 2.75) is 70.2 Å². The molecule has 2 amide bonds. The topological polar surface area (TPSA) is 272 Å². The quantitative estimate of drug-likeness (QED) is 0.0149. The number of ether oxygens (including phenoxy) is 6. The van der Waals surface area contributed by atoms with E-state index in [2.05, 4.69) is 185 Å². The first kappa shape index (κ1) is 108. The molecule has 0 aliphatic heterocycles. The van der Waals surface area contributed by atoms with Gasteiger partial charge in [0.15, 0.2) is 0 Å². The lowest BCUT2D eigenvalue weighted by Gasteiger charge is -2.21. The molecular weight excluding hydrogens is 1860 g/mol. The Balaban J connectivity index is 0.000000150. The molecule has 147 heavy (non-hydrogen) atoms. The number of esters is 6. The van der Waals surface area contributed by atoms with Crippen LogP contribution in [0.3, 0.4) is 0 Å². The first-order chi connectivity index (χ1) is 71.1. The summed E-state index contributed by atoms with van der Waals surface area (Å²) < 4.78 is 42.3. The molecule has 3 aliphatic carbocycles. The summed E-state index contributed by atoms with van der Waals surface area (Å²) in [5.41, 5.74) is 15.3. The molecule has 0 spiro atoms. The number of aromatic hydroxyl groups is 1. The summed E-state index contributed by atoms with van der Waals surface area (Å²) in [6.07, 6.45) is 15.7. The average Bonchev–Trinajstić information content (AvgIpc) is 1.62. The number of Topliss-reactive ketones (excluding diaryl/α,β-unsaturated/α-hetero) is 1. The average molecular weight is 1970 g/mol. The lowest BCUT2D eigenvalue weighted by molar-refractivity contribution is -0.143. The minimum absolute atomic E-state index is 0.0217. The molecule has 0 saturated carbocycles. The van der Waals surface area contributed by atoms with Gasteiger partial charge in [-0.3, -0.25) is 14.4 Å². The minimum atomic E-state index is -2.12. The molecule has 0 aromatic heterocycles. The Kier molecular flexibility index (Phi) is 39.0. The van der Waals surface area contributed by atoms with Crippen LogP contribution >= 0.6 is 0 Å². The van der Waals surface area contributed by atoms with Gasteiger partial charge in [-0.15, -0.1) is 0 Å². The normalized spacial score (nSPS) is 12.0. The maximum absolute atomic E-state index is 11.4. The number of benzene rings is 16. The van der Waals surface area contributed by atoms with Crippen LogP contribution in [0.25, 0.3) is 87.9 Å². The maximum Gasteiger partial charge on any atom is 0.392 e. The van der Waals surface area contributed by atoms with Crippen LogP contribution in [-0.2, 0) is 81.0 Å². The number of hydrogen-bond donors (Lipinski definition) is 3. The van der Waals surface area contributed by atoms with Crippen molar-refractivity contribution in [1.82, 2.24) is 10.6 Å². The third-order valence-corrected chi connectivity index (χ3v) is 25.7. The van der Waals surface area contributed by atoms with E-state index >= 15 is 0 Å².